The van der Waals surface area contributed by atoms with Crippen LogP contribution in [0.4, 0.5) is 4.79 Å². The molecule has 1 N–H and O–H groups in total. The number of carbonyl (C=O) groups is 2. The van der Waals surface area contributed by atoms with Crippen LogP contribution in [0.15, 0.2) is 30.3 Å². The second-order valence-corrected chi connectivity index (χ2v) is 8.41. The van der Waals surface area contributed by atoms with E-state index in [0.717, 1.165) is 32.5 Å². The monoisotopic (exact) mass is 389 g/mol. The molecule has 6 nitrogen and oxygen atoms in total. The highest BCUT2D eigenvalue weighted by atomic mass is 16.6. The van der Waals surface area contributed by atoms with Gasteiger partial charge in [0.25, 0.3) is 0 Å². The predicted octanol–water partition coefficient (Wildman–Crippen LogP) is 3.27. The molecule has 1 fully saturated rings. The number of piperidine rings is 1. The van der Waals surface area contributed by atoms with Gasteiger partial charge in [0, 0.05) is 32.7 Å². The topological polar surface area (TPSA) is 61.9 Å². The van der Waals surface area contributed by atoms with Crippen molar-refractivity contribution in [2.45, 2.75) is 52.7 Å². The number of nitrogens with one attached hydrogen (secondary N) is 1. The largest absolute Gasteiger partial charge is 0.444 e. The Morgan fingerprint density at radius 2 is 1.96 bits per heavy atom. The molecule has 0 bridgehead atoms. The Balaban J connectivity index is 1.76. The van der Waals surface area contributed by atoms with Crippen LogP contribution < -0.4 is 5.32 Å². The van der Waals surface area contributed by atoms with Crippen LogP contribution in [0.2, 0.25) is 0 Å². The lowest BCUT2D eigenvalue weighted by atomic mass is 9.96. The molecule has 0 aliphatic carbocycles. The van der Waals surface area contributed by atoms with Crippen LogP contribution >= 0.6 is 0 Å². The number of carbonyl (C=O) groups excluding carboxylic acids is 2. The third-order valence-electron chi connectivity index (χ3n) is 4.84. The summed E-state index contributed by atoms with van der Waals surface area (Å²) in [4.78, 5) is 28.7. The van der Waals surface area contributed by atoms with Crippen molar-refractivity contribution in [2.75, 3.05) is 32.7 Å². The first kappa shape index (κ1) is 22.2. The standard InChI is InChI=1S/C22H35N3O3/c1-5-25(21(27)28-22(2,3)4)15-13-23-20(26)19-12-9-14-24(17-19)16-18-10-7-6-8-11-18/h6-8,10-11,19H,5,9,12-17H2,1-4H3,(H,23,26). The Morgan fingerprint density at radius 1 is 1.25 bits per heavy atom. The molecule has 1 atom stereocenters. The van der Waals surface area contributed by atoms with Crippen LogP contribution in [0.5, 0.6) is 0 Å². The first-order chi connectivity index (χ1) is 13.3. The summed E-state index contributed by atoms with van der Waals surface area (Å²) in [6.45, 7) is 11.6. The fourth-order valence-electron chi connectivity index (χ4n) is 3.42. The van der Waals surface area contributed by atoms with Crippen LogP contribution in [-0.2, 0) is 16.1 Å². The summed E-state index contributed by atoms with van der Waals surface area (Å²) >= 11 is 0. The zero-order chi connectivity index (χ0) is 20.6. The highest BCUT2D eigenvalue weighted by Crippen LogP contribution is 2.18. The summed E-state index contributed by atoms with van der Waals surface area (Å²) in [5.74, 6) is 0.0899. The fraction of sp³-hybridized carbons (Fsp3) is 0.636. The Bertz CT molecular complexity index is 628. The van der Waals surface area contributed by atoms with Crippen LogP contribution in [0.3, 0.4) is 0 Å². The smallest absolute Gasteiger partial charge is 0.410 e. The molecule has 1 heterocycles. The molecule has 6 heteroatoms. The molecule has 28 heavy (non-hydrogen) atoms. The van der Waals surface area contributed by atoms with E-state index in [-0.39, 0.29) is 17.9 Å². The minimum absolute atomic E-state index is 0.00839. The number of benzene rings is 1. The van der Waals surface area contributed by atoms with Gasteiger partial charge in [0.2, 0.25) is 5.91 Å². The van der Waals surface area contributed by atoms with E-state index in [9.17, 15) is 9.59 Å². The van der Waals surface area contributed by atoms with Crippen molar-refractivity contribution in [3.05, 3.63) is 35.9 Å². The van der Waals surface area contributed by atoms with Crippen molar-refractivity contribution < 1.29 is 14.3 Å². The first-order valence-corrected chi connectivity index (χ1v) is 10.3. The van der Waals surface area contributed by atoms with E-state index in [1.807, 2.05) is 45.9 Å². The van der Waals surface area contributed by atoms with E-state index < -0.39 is 5.60 Å². The van der Waals surface area contributed by atoms with Gasteiger partial charge in [-0.15, -0.1) is 0 Å². The van der Waals surface area contributed by atoms with Crippen molar-refractivity contribution in [3.8, 4) is 0 Å². The van der Waals surface area contributed by atoms with Crippen molar-refractivity contribution in [3.63, 3.8) is 0 Å². The molecule has 0 radical (unpaired) electrons. The second-order valence-electron chi connectivity index (χ2n) is 8.41. The van der Waals surface area contributed by atoms with Crippen molar-refractivity contribution in [1.82, 2.24) is 15.1 Å². The van der Waals surface area contributed by atoms with Crippen molar-refractivity contribution in [2.24, 2.45) is 5.92 Å². The average Bonchev–Trinajstić information content (AvgIpc) is 2.64. The summed E-state index contributed by atoms with van der Waals surface area (Å²) in [5, 5.41) is 3.00. The van der Waals surface area contributed by atoms with Crippen LogP contribution in [-0.4, -0.2) is 60.1 Å². The molecule has 1 aliphatic heterocycles. The number of hydrogen-bond acceptors (Lipinski definition) is 4. The number of ether oxygens (including phenoxy) is 1. The maximum absolute atomic E-state index is 12.6. The van der Waals surface area contributed by atoms with E-state index in [1.54, 1.807) is 4.90 Å². The Kier molecular flexibility index (Phi) is 8.30. The van der Waals surface area contributed by atoms with Gasteiger partial charge in [-0.05, 0) is 52.6 Å². The third-order valence-corrected chi connectivity index (χ3v) is 4.84. The molecular formula is C22H35N3O3. The van der Waals surface area contributed by atoms with Gasteiger partial charge in [-0.2, -0.15) is 0 Å². The van der Waals surface area contributed by atoms with Gasteiger partial charge in [-0.3, -0.25) is 9.69 Å². The van der Waals surface area contributed by atoms with E-state index in [1.165, 1.54) is 5.56 Å². The molecule has 0 saturated carbocycles. The molecule has 2 rings (SSSR count). The molecule has 1 aromatic carbocycles. The van der Waals surface area contributed by atoms with Crippen LogP contribution in [0.1, 0.15) is 46.1 Å². The molecule has 1 unspecified atom stereocenters. The molecule has 1 saturated heterocycles. The van der Waals surface area contributed by atoms with Crippen molar-refractivity contribution in [1.29, 1.82) is 0 Å². The summed E-state index contributed by atoms with van der Waals surface area (Å²) in [5.41, 5.74) is 0.762. The lowest BCUT2D eigenvalue weighted by molar-refractivity contribution is -0.126. The minimum atomic E-state index is -0.516. The number of rotatable bonds is 7. The summed E-state index contributed by atoms with van der Waals surface area (Å²) < 4.78 is 5.40. The molecule has 156 valence electrons. The van der Waals surface area contributed by atoms with Crippen LogP contribution in [0.25, 0.3) is 0 Å². The molecule has 0 spiro atoms. The zero-order valence-corrected chi connectivity index (χ0v) is 17.7. The molecular weight excluding hydrogens is 354 g/mol. The van der Waals surface area contributed by atoms with Gasteiger partial charge in [0.1, 0.15) is 5.60 Å². The summed E-state index contributed by atoms with van der Waals surface area (Å²) in [6.07, 6.45) is 1.61. The number of likely N-dealkylation sites (N-methyl/N-ethyl adjacent to an activating group) is 1. The third kappa shape index (κ3) is 7.50. The molecule has 2 amide bonds. The molecule has 1 aliphatic rings. The zero-order valence-electron chi connectivity index (χ0n) is 17.7. The minimum Gasteiger partial charge on any atom is -0.444 e. The lowest BCUT2D eigenvalue weighted by Gasteiger charge is -2.32. The SMILES string of the molecule is CCN(CCNC(=O)C1CCCN(Cc2ccccc2)C1)C(=O)OC(C)(C)C. The van der Waals surface area contributed by atoms with Gasteiger partial charge in [-0.25, -0.2) is 4.79 Å². The summed E-state index contributed by atoms with van der Waals surface area (Å²) in [6, 6.07) is 10.4. The maximum atomic E-state index is 12.6. The quantitative estimate of drug-likeness (QED) is 0.777. The number of amides is 2. The second kappa shape index (κ2) is 10.5. The first-order valence-electron chi connectivity index (χ1n) is 10.3. The van der Waals surface area contributed by atoms with Gasteiger partial charge in [0.15, 0.2) is 0 Å². The van der Waals surface area contributed by atoms with E-state index >= 15 is 0 Å². The predicted molar refractivity (Wildman–Crippen MR) is 111 cm³/mol. The Morgan fingerprint density at radius 3 is 2.61 bits per heavy atom. The fourth-order valence-corrected chi connectivity index (χ4v) is 3.42. The highest BCUT2D eigenvalue weighted by Gasteiger charge is 2.26. The molecule has 1 aromatic rings. The van der Waals surface area contributed by atoms with Gasteiger partial charge in [-0.1, -0.05) is 30.3 Å². The normalized spacial score (nSPS) is 17.8. The number of nitrogens with zero attached hydrogens (tertiary/aromatic N) is 2. The van der Waals surface area contributed by atoms with E-state index in [4.69, 9.17) is 4.74 Å². The van der Waals surface area contributed by atoms with Gasteiger partial charge in [0.05, 0.1) is 5.92 Å². The van der Waals surface area contributed by atoms with Crippen LogP contribution in [0, 0.1) is 5.92 Å². The van der Waals surface area contributed by atoms with Crippen molar-refractivity contribution >= 4 is 12.0 Å². The Labute approximate surface area is 169 Å². The molecule has 0 aromatic heterocycles. The number of likely N-dealkylation sites (tertiary alicyclic amines) is 1. The van der Waals surface area contributed by atoms with Gasteiger partial charge >= 0.3 is 6.09 Å². The highest BCUT2D eigenvalue weighted by molar-refractivity contribution is 5.79. The maximum Gasteiger partial charge on any atom is 0.410 e. The van der Waals surface area contributed by atoms with E-state index in [2.05, 4.69) is 22.3 Å². The lowest BCUT2D eigenvalue weighted by Crippen LogP contribution is -2.45. The van der Waals surface area contributed by atoms with E-state index in [0.29, 0.717) is 19.6 Å². The van der Waals surface area contributed by atoms with Gasteiger partial charge < -0.3 is 15.0 Å². The Hall–Kier alpha value is -2.08. The average molecular weight is 390 g/mol. The summed E-state index contributed by atoms with van der Waals surface area (Å²) in [7, 11) is 0. The number of hydrogen-bond donors (Lipinski definition) is 1.